The van der Waals surface area contributed by atoms with E-state index in [1.54, 1.807) is 0 Å². The smallest absolute Gasteiger partial charge is 0.416 e. The first-order chi connectivity index (χ1) is 18.4. The predicted octanol–water partition coefficient (Wildman–Crippen LogP) is 4.10. The molecule has 0 aliphatic carbocycles. The van der Waals surface area contributed by atoms with Gasteiger partial charge in [0.2, 0.25) is 0 Å². The number of likely N-dealkylation sites (tertiary alicyclic amines) is 1. The second kappa shape index (κ2) is 11.4. The van der Waals surface area contributed by atoms with Crippen molar-refractivity contribution in [1.29, 1.82) is 0 Å². The number of methoxy groups -OCH3 is 1. The second-order valence-electron chi connectivity index (χ2n) is 9.53. The lowest BCUT2D eigenvalue weighted by atomic mass is 9.99. The summed E-state index contributed by atoms with van der Waals surface area (Å²) in [7, 11) is -0.576. The number of fused-ring (bicyclic) bond motifs is 1. The third-order valence-corrected chi connectivity index (χ3v) is 9.12. The highest BCUT2D eigenvalue weighted by molar-refractivity contribution is 7.91. The van der Waals surface area contributed by atoms with Gasteiger partial charge in [0.1, 0.15) is 11.3 Å². The van der Waals surface area contributed by atoms with Crippen molar-refractivity contribution in [2.45, 2.75) is 50.0 Å². The lowest BCUT2D eigenvalue weighted by Gasteiger charge is -2.33. The molecule has 39 heavy (non-hydrogen) atoms. The van der Waals surface area contributed by atoms with Gasteiger partial charge in [-0.3, -0.25) is 14.3 Å². The van der Waals surface area contributed by atoms with Gasteiger partial charge in [-0.05, 0) is 56.3 Å². The van der Waals surface area contributed by atoms with E-state index in [4.69, 9.17) is 16.3 Å². The van der Waals surface area contributed by atoms with Crippen LogP contribution < -0.4 is 15.6 Å². The number of aromatic nitrogens is 2. The molecule has 1 saturated heterocycles. The Kier molecular flexibility index (Phi) is 8.60. The van der Waals surface area contributed by atoms with Gasteiger partial charge in [0, 0.05) is 29.7 Å². The maximum atomic E-state index is 14.3. The van der Waals surface area contributed by atoms with E-state index in [0.29, 0.717) is 13.1 Å². The number of hydrogen-bond donors (Lipinski definition) is 1. The van der Waals surface area contributed by atoms with Crippen LogP contribution in [0.4, 0.5) is 13.2 Å². The molecule has 212 valence electrons. The first kappa shape index (κ1) is 29.3. The number of sulfone groups is 1. The molecule has 1 aliphatic heterocycles. The summed E-state index contributed by atoms with van der Waals surface area (Å²) in [5.41, 5.74) is -1.56. The predicted molar refractivity (Wildman–Crippen MR) is 143 cm³/mol. The second-order valence-corrected chi connectivity index (χ2v) is 12.2. The Balaban J connectivity index is 1.85. The zero-order valence-electron chi connectivity index (χ0n) is 21.8. The molecule has 1 atom stereocenters. The van der Waals surface area contributed by atoms with Crippen LogP contribution in [0.25, 0.3) is 10.9 Å². The fourth-order valence-electron chi connectivity index (χ4n) is 5.03. The van der Waals surface area contributed by atoms with Crippen molar-refractivity contribution >= 4 is 32.3 Å². The van der Waals surface area contributed by atoms with Gasteiger partial charge in [-0.2, -0.15) is 13.2 Å². The molecule has 0 radical (unpaired) electrons. The monoisotopic (exact) mass is 586 g/mol. The van der Waals surface area contributed by atoms with Crippen molar-refractivity contribution in [3.8, 4) is 5.75 Å². The van der Waals surface area contributed by atoms with Crippen molar-refractivity contribution in [1.82, 2.24) is 19.8 Å². The molecule has 0 spiro atoms. The summed E-state index contributed by atoms with van der Waals surface area (Å²) in [6, 6.07) is 5.19. The third-order valence-electron chi connectivity index (χ3n) is 7.06. The van der Waals surface area contributed by atoms with Crippen molar-refractivity contribution in [2.24, 2.45) is 0 Å². The highest BCUT2D eigenvalue weighted by Gasteiger charge is 2.37. The Morgan fingerprint density at radius 2 is 1.97 bits per heavy atom. The number of likely N-dealkylation sites (N-methyl/N-ethyl adjacent to an activating group) is 1. The van der Waals surface area contributed by atoms with Crippen LogP contribution in [0.2, 0.25) is 5.02 Å². The maximum Gasteiger partial charge on any atom is 0.416 e. The zero-order chi connectivity index (χ0) is 28.5. The topological polar surface area (TPSA) is 93.5 Å². The standard InChI is InChI=1S/C26H30ClF3N4O4S/c1-4-39(36,37)22-8-7-17(27)10-16(22)12-34-15-32-23-19(25(34)35)11-21(26(28,29)30)20(24(23)38-3)14-33-9-5-6-18(13-33)31-2/h7-8,10-11,15,18,31H,4-6,9,12-14H2,1-3H3/t18-/m0/s1. The Morgan fingerprint density at radius 3 is 2.62 bits per heavy atom. The molecule has 2 aromatic carbocycles. The number of hydrogen-bond acceptors (Lipinski definition) is 7. The summed E-state index contributed by atoms with van der Waals surface area (Å²) in [5, 5.41) is 3.16. The minimum Gasteiger partial charge on any atom is -0.494 e. The highest BCUT2D eigenvalue weighted by atomic mass is 35.5. The number of alkyl halides is 3. The molecule has 3 aromatic rings. The molecule has 2 heterocycles. The van der Waals surface area contributed by atoms with Crippen LogP contribution in [0.1, 0.15) is 36.5 Å². The fraction of sp³-hybridized carbons (Fsp3) is 0.462. The van der Waals surface area contributed by atoms with E-state index < -0.39 is 27.1 Å². The largest absolute Gasteiger partial charge is 0.494 e. The van der Waals surface area contributed by atoms with E-state index in [1.807, 2.05) is 11.9 Å². The van der Waals surface area contributed by atoms with E-state index in [0.717, 1.165) is 23.5 Å². The highest BCUT2D eigenvalue weighted by Crippen LogP contribution is 2.40. The molecule has 1 fully saturated rings. The number of halogens is 4. The van der Waals surface area contributed by atoms with Gasteiger partial charge in [-0.15, -0.1) is 0 Å². The van der Waals surface area contributed by atoms with Gasteiger partial charge < -0.3 is 10.1 Å². The quantitative estimate of drug-likeness (QED) is 0.425. The SMILES string of the molecule is CCS(=O)(=O)c1ccc(Cl)cc1Cn1cnc2c(OC)c(CN3CCC[C@H](NC)C3)c(C(F)(F)F)cc2c1=O. The van der Waals surface area contributed by atoms with Gasteiger partial charge >= 0.3 is 6.18 Å². The number of ether oxygens (including phenoxy) is 1. The van der Waals surface area contributed by atoms with Crippen molar-refractivity contribution in [3.63, 3.8) is 0 Å². The van der Waals surface area contributed by atoms with Crippen LogP contribution in [-0.2, 0) is 29.1 Å². The van der Waals surface area contributed by atoms with Gasteiger partial charge in [0.25, 0.3) is 5.56 Å². The van der Waals surface area contributed by atoms with Crippen LogP contribution in [0.3, 0.4) is 0 Å². The van der Waals surface area contributed by atoms with E-state index >= 15 is 0 Å². The summed E-state index contributed by atoms with van der Waals surface area (Å²) in [4.78, 5) is 19.7. The fourth-order valence-corrected chi connectivity index (χ4v) is 6.33. The maximum absolute atomic E-state index is 14.3. The number of nitrogens with zero attached hydrogens (tertiary/aromatic N) is 3. The molecular formula is C26H30ClF3N4O4S. The minimum atomic E-state index is -4.75. The van der Waals surface area contributed by atoms with Crippen LogP contribution in [0.5, 0.6) is 5.75 Å². The average molecular weight is 587 g/mol. The van der Waals surface area contributed by atoms with Crippen LogP contribution in [0.15, 0.2) is 40.3 Å². The van der Waals surface area contributed by atoms with Crippen molar-refractivity contribution in [2.75, 3.05) is 33.0 Å². The molecule has 0 bridgehead atoms. The molecule has 0 amide bonds. The molecule has 0 unspecified atom stereocenters. The zero-order valence-corrected chi connectivity index (χ0v) is 23.4. The van der Waals surface area contributed by atoms with Gasteiger partial charge in [0.15, 0.2) is 9.84 Å². The molecule has 1 N–H and O–H groups in total. The Bertz CT molecular complexity index is 1540. The number of nitrogens with one attached hydrogen (secondary N) is 1. The van der Waals surface area contributed by atoms with E-state index in [1.165, 1.54) is 38.6 Å². The number of rotatable bonds is 8. The summed E-state index contributed by atoms with van der Waals surface area (Å²) < 4.78 is 74.7. The van der Waals surface area contributed by atoms with Gasteiger partial charge in [-0.1, -0.05) is 18.5 Å². The third kappa shape index (κ3) is 6.08. The minimum absolute atomic E-state index is 0.00768. The number of benzene rings is 2. The number of piperidine rings is 1. The summed E-state index contributed by atoms with van der Waals surface area (Å²) >= 11 is 6.09. The van der Waals surface area contributed by atoms with E-state index in [-0.39, 0.29) is 62.6 Å². The summed E-state index contributed by atoms with van der Waals surface area (Å²) in [6.07, 6.45) is -1.79. The molecule has 0 saturated carbocycles. The van der Waals surface area contributed by atoms with Crippen LogP contribution in [-0.4, -0.2) is 61.9 Å². The molecule has 1 aliphatic rings. The summed E-state index contributed by atoms with van der Waals surface area (Å²) in [6.45, 7) is 2.43. The normalized spacial score (nSPS) is 17.1. The van der Waals surface area contributed by atoms with E-state index in [2.05, 4.69) is 10.3 Å². The molecule has 1 aromatic heterocycles. The van der Waals surface area contributed by atoms with Crippen molar-refractivity contribution < 1.29 is 26.3 Å². The lowest BCUT2D eigenvalue weighted by Crippen LogP contribution is -2.44. The summed E-state index contributed by atoms with van der Waals surface area (Å²) in [5.74, 6) is -0.277. The molecule has 13 heteroatoms. The average Bonchev–Trinajstić information content (AvgIpc) is 2.89. The first-order valence-electron chi connectivity index (χ1n) is 12.5. The molecule has 4 rings (SSSR count). The van der Waals surface area contributed by atoms with Gasteiger partial charge in [0.05, 0.1) is 41.6 Å². The Labute approximate surface area is 229 Å². The molecular weight excluding hydrogens is 557 g/mol. The molecule has 8 nitrogen and oxygen atoms in total. The Morgan fingerprint density at radius 1 is 1.23 bits per heavy atom. The van der Waals surface area contributed by atoms with Gasteiger partial charge in [-0.25, -0.2) is 13.4 Å². The lowest BCUT2D eigenvalue weighted by molar-refractivity contribution is -0.138. The van der Waals surface area contributed by atoms with Crippen LogP contribution in [0, 0.1) is 0 Å². The van der Waals surface area contributed by atoms with Crippen molar-refractivity contribution in [3.05, 3.63) is 62.7 Å². The Hall–Kier alpha value is -2.67. The van der Waals surface area contributed by atoms with E-state index in [9.17, 15) is 26.4 Å². The van der Waals surface area contributed by atoms with Crippen LogP contribution >= 0.6 is 11.6 Å². The first-order valence-corrected chi connectivity index (χ1v) is 14.5.